The quantitative estimate of drug-likeness (QED) is 0.836. The van der Waals surface area contributed by atoms with Gasteiger partial charge < -0.3 is 5.32 Å². The molecule has 0 bridgehead atoms. The molecule has 0 aliphatic heterocycles. The maximum Gasteiger partial charge on any atom is 0.0521 e. The van der Waals surface area contributed by atoms with E-state index in [0.717, 1.165) is 18.4 Å². The monoisotopic (exact) mass is 247 g/mol. The average Bonchev–Trinajstić information content (AvgIpc) is 2.79. The van der Waals surface area contributed by atoms with Gasteiger partial charge in [-0.25, -0.2) is 0 Å². The van der Waals surface area contributed by atoms with E-state index < -0.39 is 0 Å². The van der Waals surface area contributed by atoms with E-state index in [1.165, 1.54) is 44.2 Å². The van der Waals surface area contributed by atoms with Gasteiger partial charge >= 0.3 is 0 Å². The third-order valence-electron chi connectivity index (χ3n) is 4.91. The van der Waals surface area contributed by atoms with Crippen molar-refractivity contribution in [1.29, 1.82) is 0 Å². The first-order valence-corrected chi connectivity index (χ1v) is 7.39. The van der Waals surface area contributed by atoms with Gasteiger partial charge in [0.25, 0.3) is 0 Å². The number of nitrogens with zero attached hydrogens (tertiary/aromatic N) is 2. The van der Waals surface area contributed by atoms with E-state index in [-0.39, 0.29) is 0 Å². The largest absolute Gasteiger partial charge is 0.316 e. The number of hydrogen-bond acceptors (Lipinski definition) is 2. The fourth-order valence-corrected chi connectivity index (χ4v) is 3.84. The second-order valence-electron chi connectivity index (χ2n) is 6.47. The standard InChI is InChI=1S/C15H25N3/c1-3-16-11-15(7-13-6-14(13)8-15)5-4-12-9-17-18(2)10-12/h9-10,13-14,16H,3-8,11H2,1-2H3. The molecular weight excluding hydrogens is 222 g/mol. The van der Waals surface area contributed by atoms with Crippen LogP contribution in [0.5, 0.6) is 0 Å². The van der Waals surface area contributed by atoms with Gasteiger partial charge in [0.2, 0.25) is 0 Å². The predicted octanol–water partition coefficient (Wildman–Crippen LogP) is 2.38. The first-order valence-electron chi connectivity index (χ1n) is 7.39. The number of nitrogens with one attached hydrogen (secondary N) is 1. The van der Waals surface area contributed by atoms with Crippen LogP contribution >= 0.6 is 0 Å². The topological polar surface area (TPSA) is 29.9 Å². The van der Waals surface area contributed by atoms with Gasteiger partial charge in [-0.15, -0.1) is 0 Å². The van der Waals surface area contributed by atoms with Gasteiger partial charge in [-0.3, -0.25) is 4.68 Å². The van der Waals surface area contributed by atoms with Crippen molar-refractivity contribution in [2.75, 3.05) is 13.1 Å². The Morgan fingerprint density at radius 1 is 1.44 bits per heavy atom. The van der Waals surface area contributed by atoms with Crippen molar-refractivity contribution in [3.8, 4) is 0 Å². The van der Waals surface area contributed by atoms with Crippen molar-refractivity contribution in [3.05, 3.63) is 18.0 Å². The first-order chi connectivity index (χ1) is 8.71. The summed E-state index contributed by atoms with van der Waals surface area (Å²) in [4.78, 5) is 0. The summed E-state index contributed by atoms with van der Waals surface area (Å²) in [5.41, 5.74) is 1.98. The summed E-state index contributed by atoms with van der Waals surface area (Å²) in [6.07, 6.45) is 11.2. The van der Waals surface area contributed by atoms with Crippen LogP contribution in [0.15, 0.2) is 12.4 Å². The Morgan fingerprint density at radius 2 is 2.22 bits per heavy atom. The summed E-state index contributed by atoms with van der Waals surface area (Å²) in [7, 11) is 2.00. The van der Waals surface area contributed by atoms with E-state index >= 15 is 0 Å². The van der Waals surface area contributed by atoms with E-state index in [1.807, 2.05) is 17.9 Å². The van der Waals surface area contributed by atoms with Crippen molar-refractivity contribution >= 4 is 0 Å². The predicted molar refractivity (Wildman–Crippen MR) is 73.3 cm³/mol. The van der Waals surface area contributed by atoms with Crippen LogP contribution in [0.1, 0.15) is 38.2 Å². The molecule has 2 aliphatic carbocycles. The summed E-state index contributed by atoms with van der Waals surface area (Å²) >= 11 is 0. The minimum absolute atomic E-state index is 0.583. The highest BCUT2D eigenvalue weighted by Crippen LogP contribution is 2.61. The molecule has 0 amide bonds. The lowest BCUT2D eigenvalue weighted by Gasteiger charge is -2.31. The number of rotatable bonds is 6. The Morgan fingerprint density at radius 3 is 2.83 bits per heavy atom. The van der Waals surface area contributed by atoms with Crippen molar-refractivity contribution in [1.82, 2.24) is 15.1 Å². The molecule has 0 aromatic carbocycles. The highest BCUT2D eigenvalue weighted by molar-refractivity contribution is 5.08. The minimum atomic E-state index is 0.583. The SMILES string of the molecule is CCNCC1(CCc2cnn(C)c2)CC2CC2C1. The second kappa shape index (κ2) is 4.69. The molecule has 2 atom stereocenters. The van der Waals surface area contributed by atoms with Gasteiger partial charge in [-0.05, 0) is 61.5 Å². The molecule has 1 heterocycles. The van der Waals surface area contributed by atoms with Gasteiger partial charge in [0.15, 0.2) is 0 Å². The molecule has 100 valence electrons. The van der Waals surface area contributed by atoms with E-state index in [0.29, 0.717) is 5.41 Å². The zero-order chi connectivity index (χ0) is 12.6. The Labute approximate surface area is 110 Å². The maximum atomic E-state index is 4.27. The van der Waals surface area contributed by atoms with Gasteiger partial charge in [-0.2, -0.15) is 5.10 Å². The molecule has 2 unspecified atom stereocenters. The average molecular weight is 247 g/mol. The summed E-state index contributed by atoms with van der Waals surface area (Å²) in [5, 5.41) is 7.86. The molecule has 3 heteroatoms. The molecule has 2 fully saturated rings. The van der Waals surface area contributed by atoms with Crippen LogP contribution in [0.3, 0.4) is 0 Å². The Kier molecular flexibility index (Phi) is 3.18. The van der Waals surface area contributed by atoms with Crippen molar-refractivity contribution < 1.29 is 0 Å². The van der Waals surface area contributed by atoms with Crippen LogP contribution in [0.25, 0.3) is 0 Å². The van der Waals surface area contributed by atoms with Gasteiger partial charge in [0.05, 0.1) is 6.20 Å². The second-order valence-corrected chi connectivity index (χ2v) is 6.47. The van der Waals surface area contributed by atoms with E-state index in [4.69, 9.17) is 0 Å². The molecule has 2 saturated carbocycles. The third kappa shape index (κ3) is 2.46. The molecule has 0 saturated heterocycles. The molecule has 1 aromatic heterocycles. The van der Waals surface area contributed by atoms with Crippen LogP contribution in [0.2, 0.25) is 0 Å². The van der Waals surface area contributed by atoms with Crippen molar-refractivity contribution in [3.63, 3.8) is 0 Å². The normalized spacial score (nSPS) is 33.7. The molecule has 2 aliphatic rings. The number of aryl methyl sites for hydroxylation is 2. The molecular formula is C15H25N3. The summed E-state index contributed by atoms with van der Waals surface area (Å²) in [6.45, 7) is 4.53. The molecule has 3 rings (SSSR count). The lowest BCUT2D eigenvalue weighted by atomic mass is 9.78. The zero-order valence-corrected chi connectivity index (χ0v) is 11.7. The number of aromatic nitrogens is 2. The lowest BCUT2D eigenvalue weighted by molar-refractivity contribution is 0.232. The molecule has 18 heavy (non-hydrogen) atoms. The first kappa shape index (κ1) is 12.2. The number of hydrogen-bond donors (Lipinski definition) is 1. The van der Waals surface area contributed by atoms with Crippen LogP contribution in [0, 0.1) is 17.3 Å². The van der Waals surface area contributed by atoms with E-state index in [1.54, 1.807) is 0 Å². The summed E-state index contributed by atoms with van der Waals surface area (Å²) < 4.78 is 1.92. The zero-order valence-electron chi connectivity index (χ0n) is 11.7. The van der Waals surface area contributed by atoms with E-state index in [2.05, 4.69) is 23.5 Å². The molecule has 1 N–H and O–H groups in total. The fourth-order valence-electron chi connectivity index (χ4n) is 3.84. The van der Waals surface area contributed by atoms with Crippen molar-refractivity contribution in [2.24, 2.45) is 24.3 Å². The third-order valence-corrected chi connectivity index (χ3v) is 4.91. The van der Waals surface area contributed by atoms with E-state index in [9.17, 15) is 0 Å². The smallest absolute Gasteiger partial charge is 0.0521 e. The highest BCUT2D eigenvalue weighted by Gasteiger charge is 2.52. The summed E-state index contributed by atoms with van der Waals surface area (Å²) in [5.74, 6) is 2.13. The molecule has 0 radical (unpaired) electrons. The maximum absolute atomic E-state index is 4.27. The van der Waals surface area contributed by atoms with Crippen LogP contribution in [0.4, 0.5) is 0 Å². The highest BCUT2D eigenvalue weighted by atomic mass is 15.2. The Balaban J connectivity index is 1.59. The summed E-state index contributed by atoms with van der Waals surface area (Å²) in [6, 6.07) is 0. The van der Waals surface area contributed by atoms with Gasteiger partial charge in [0.1, 0.15) is 0 Å². The fraction of sp³-hybridized carbons (Fsp3) is 0.800. The van der Waals surface area contributed by atoms with Crippen molar-refractivity contribution in [2.45, 2.75) is 39.0 Å². The van der Waals surface area contributed by atoms with Crippen LogP contribution in [-0.4, -0.2) is 22.9 Å². The Bertz CT molecular complexity index is 400. The number of fused-ring (bicyclic) bond motifs is 1. The molecule has 0 spiro atoms. The van der Waals surface area contributed by atoms with Crippen LogP contribution in [-0.2, 0) is 13.5 Å². The molecule has 1 aromatic rings. The Hall–Kier alpha value is -0.830. The lowest BCUT2D eigenvalue weighted by Crippen LogP contribution is -2.33. The van der Waals surface area contributed by atoms with Gasteiger partial charge in [0, 0.05) is 19.8 Å². The van der Waals surface area contributed by atoms with Gasteiger partial charge in [-0.1, -0.05) is 6.92 Å². The minimum Gasteiger partial charge on any atom is -0.316 e. The van der Waals surface area contributed by atoms with Crippen LogP contribution < -0.4 is 5.32 Å². The molecule has 3 nitrogen and oxygen atoms in total.